The lowest BCUT2D eigenvalue weighted by molar-refractivity contribution is -0.134. The number of hydrogen-bond acceptors (Lipinski definition) is 6. The average molecular weight is 455 g/mol. The fourth-order valence-corrected chi connectivity index (χ4v) is 4.12. The van der Waals surface area contributed by atoms with E-state index in [-0.39, 0.29) is 24.4 Å². The Morgan fingerprint density at radius 1 is 1.27 bits per heavy atom. The Labute approximate surface area is 191 Å². The number of hydrogen-bond donors (Lipinski definition) is 3. The Bertz CT molecular complexity index is 1130. The summed E-state index contributed by atoms with van der Waals surface area (Å²) in [6, 6.07) is 8.92. The van der Waals surface area contributed by atoms with Crippen molar-refractivity contribution in [1.82, 2.24) is 5.43 Å². The molecule has 1 saturated carbocycles. The van der Waals surface area contributed by atoms with E-state index in [4.69, 9.17) is 14.6 Å². The van der Waals surface area contributed by atoms with E-state index < -0.39 is 5.97 Å². The first kappa shape index (κ1) is 22.6. The van der Waals surface area contributed by atoms with Gasteiger partial charge in [-0.1, -0.05) is 6.07 Å². The summed E-state index contributed by atoms with van der Waals surface area (Å²) in [5.74, 6) is 0.157. The number of benzene rings is 2. The maximum Gasteiger partial charge on any atom is 0.300 e. The molecule has 0 aromatic heterocycles. The van der Waals surface area contributed by atoms with E-state index in [2.05, 4.69) is 15.8 Å². The number of halogens is 1. The minimum atomic E-state index is -0.833. The Kier molecular flexibility index (Phi) is 6.22. The van der Waals surface area contributed by atoms with Crippen molar-refractivity contribution in [2.45, 2.75) is 52.1 Å². The normalized spacial score (nSPS) is 18.9. The SMILES string of the molecule is CC(=O)O.Cc1cc(F)ccc1-c1cc2c(cc1NC1CCC1)N1C(=NNC(=O)C1C)CO2. The monoisotopic (exact) mass is 454 g/mol. The van der Waals surface area contributed by atoms with Gasteiger partial charge in [0.25, 0.3) is 11.9 Å². The van der Waals surface area contributed by atoms with E-state index in [1.165, 1.54) is 12.5 Å². The van der Waals surface area contributed by atoms with Crippen molar-refractivity contribution in [2.75, 3.05) is 16.8 Å². The zero-order valence-corrected chi connectivity index (χ0v) is 18.8. The number of anilines is 2. The predicted octanol–water partition coefficient (Wildman–Crippen LogP) is 3.89. The van der Waals surface area contributed by atoms with Crippen LogP contribution in [-0.4, -0.2) is 41.5 Å². The summed E-state index contributed by atoms with van der Waals surface area (Å²) in [5.41, 5.74) is 7.14. The first-order valence-corrected chi connectivity index (χ1v) is 10.9. The Hall–Kier alpha value is -3.62. The second-order valence-electron chi connectivity index (χ2n) is 8.45. The zero-order chi connectivity index (χ0) is 23.7. The Morgan fingerprint density at radius 2 is 2.00 bits per heavy atom. The van der Waals surface area contributed by atoms with Crippen LogP contribution in [0.3, 0.4) is 0 Å². The molecule has 1 fully saturated rings. The molecule has 0 bridgehead atoms. The Balaban J connectivity index is 0.000000601. The standard InChI is InChI=1S/C22H23FN4O2.C2H4O2/c1-12-8-14(23)6-7-16(12)17-9-20-19(10-18(17)24-15-4-3-5-15)27-13(2)22(28)26-25-21(27)11-29-20;1-2(3)4/h6-10,13,15,24H,3-5,11H2,1-2H3,(H,26,28);1H3,(H,3,4). The highest BCUT2D eigenvalue weighted by molar-refractivity contribution is 6.10. The molecule has 3 aliphatic rings. The van der Waals surface area contributed by atoms with Crippen molar-refractivity contribution < 1.29 is 23.8 Å². The lowest BCUT2D eigenvalue weighted by atomic mass is 9.91. The van der Waals surface area contributed by atoms with E-state index in [9.17, 15) is 9.18 Å². The van der Waals surface area contributed by atoms with Gasteiger partial charge < -0.3 is 20.1 Å². The first-order chi connectivity index (χ1) is 15.7. The molecule has 1 amide bonds. The van der Waals surface area contributed by atoms with Gasteiger partial charge in [0.2, 0.25) is 0 Å². The van der Waals surface area contributed by atoms with Crippen molar-refractivity contribution in [3.05, 3.63) is 41.7 Å². The number of carboxylic acid groups (broad SMARTS) is 1. The molecule has 1 aliphatic carbocycles. The van der Waals surface area contributed by atoms with E-state index in [0.717, 1.165) is 47.8 Å². The highest BCUT2D eigenvalue weighted by atomic mass is 19.1. The second-order valence-corrected chi connectivity index (χ2v) is 8.45. The van der Waals surface area contributed by atoms with Gasteiger partial charge in [0.1, 0.15) is 24.2 Å². The summed E-state index contributed by atoms with van der Waals surface area (Å²) >= 11 is 0. The molecule has 2 aromatic carbocycles. The van der Waals surface area contributed by atoms with Gasteiger partial charge in [0.05, 0.1) is 5.69 Å². The van der Waals surface area contributed by atoms with E-state index in [0.29, 0.717) is 17.6 Å². The molecular formula is C24H27FN4O4. The number of aliphatic carboxylic acids is 1. The lowest BCUT2D eigenvalue weighted by Crippen LogP contribution is -2.55. The quantitative estimate of drug-likeness (QED) is 0.650. The number of aryl methyl sites for hydroxylation is 1. The molecule has 0 saturated heterocycles. The summed E-state index contributed by atoms with van der Waals surface area (Å²) in [6.07, 6.45) is 3.48. The third kappa shape index (κ3) is 4.62. The highest BCUT2D eigenvalue weighted by Crippen LogP contribution is 2.44. The van der Waals surface area contributed by atoms with Crippen molar-refractivity contribution in [1.29, 1.82) is 0 Å². The van der Waals surface area contributed by atoms with Crippen molar-refractivity contribution >= 4 is 29.1 Å². The fourth-order valence-electron chi connectivity index (χ4n) is 4.12. The number of carboxylic acids is 1. The van der Waals surface area contributed by atoms with Gasteiger partial charge in [-0.05, 0) is 68.5 Å². The van der Waals surface area contributed by atoms with E-state index in [1.54, 1.807) is 6.07 Å². The van der Waals surface area contributed by atoms with Crippen LogP contribution in [-0.2, 0) is 9.59 Å². The van der Waals surface area contributed by atoms with Gasteiger partial charge >= 0.3 is 0 Å². The number of amides is 1. The van der Waals surface area contributed by atoms with Gasteiger partial charge in [0.15, 0.2) is 5.84 Å². The smallest absolute Gasteiger partial charge is 0.300 e. The molecule has 9 heteroatoms. The molecule has 2 aromatic rings. The minimum Gasteiger partial charge on any atom is -0.483 e. The van der Waals surface area contributed by atoms with E-state index >= 15 is 0 Å². The number of amidine groups is 1. The van der Waals surface area contributed by atoms with Crippen molar-refractivity contribution in [2.24, 2.45) is 5.10 Å². The van der Waals surface area contributed by atoms with Crippen LogP contribution in [0, 0.1) is 12.7 Å². The number of carbonyl (C=O) groups excluding carboxylic acids is 1. The van der Waals surface area contributed by atoms with Crippen LogP contribution in [0.5, 0.6) is 5.75 Å². The molecule has 0 spiro atoms. The number of hydrazone groups is 1. The maximum absolute atomic E-state index is 13.7. The van der Waals surface area contributed by atoms with Crippen LogP contribution >= 0.6 is 0 Å². The number of nitrogens with one attached hydrogen (secondary N) is 2. The molecular weight excluding hydrogens is 427 g/mol. The molecule has 8 nitrogen and oxygen atoms in total. The molecule has 3 N–H and O–H groups in total. The highest BCUT2D eigenvalue weighted by Gasteiger charge is 2.36. The molecule has 1 atom stereocenters. The summed E-state index contributed by atoms with van der Waals surface area (Å²) in [4.78, 5) is 23.1. The van der Waals surface area contributed by atoms with Crippen LogP contribution < -0.4 is 20.4 Å². The molecule has 1 unspecified atom stereocenters. The zero-order valence-electron chi connectivity index (χ0n) is 18.8. The fraction of sp³-hybridized carbons (Fsp3) is 0.375. The molecule has 5 rings (SSSR count). The summed E-state index contributed by atoms with van der Waals surface area (Å²) in [7, 11) is 0. The molecule has 2 heterocycles. The number of carbonyl (C=O) groups is 2. The topological polar surface area (TPSA) is 103 Å². The number of ether oxygens (including phenoxy) is 1. The number of rotatable bonds is 3. The van der Waals surface area contributed by atoms with Gasteiger partial charge in [-0.2, -0.15) is 5.10 Å². The average Bonchev–Trinajstić information content (AvgIpc) is 2.72. The summed E-state index contributed by atoms with van der Waals surface area (Å²) < 4.78 is 19.7. The lowest BCUT2D eigenvalue weighted by Gasteiger charge is -2.39. The molecule has 33 heavy (non-hydrogen) atoms. The second kappa shape index (κ2) is 9.09. The van der Waals surface area contributed by atoms with Crippen LogP contribution in [0.15, 0.2) is 35.4 Å². The van der Waals surface area contributed by atoms with Crippen molar-refractivity contribution in [3.8, 4) is 16.9 Å². The number of nitrogens with zero attached hydrogens (tertiary/aromatic N) is 2. The molecule has 0 radical (unpaired) electrons. The summed E-state index contributed by atoms with van der Waals surface area (Å²) in [5, 5.41) is 15.2. The largest absolute Gasteiger partial charge is 0.483 e. The van der Waals surface area contributed by atoms with E-state index in [1.807, 2.05) is 36.9 Å². The van der Waals surface area contributed by atoms with Gasteiger partial charge in [-0.25, -0.2) is 9.82 Å². The minimum absolute atomic E-state index is 0.145. The van der Waals surface area contributed by atoms with Gasteiger partial charge in [0, 0.05) is 24.2 Å². The predicted molar refractivity (Wildman–Crippen MR) is 124 cm³/mol. The van der Waals surface area contributed by atoms with Crippen LogP contribution in [0.1, 0.15) is 38.7 Å². The van der Waals surface area contributed by atoms with Gasteiger partial charge in [-0.15, -0.1) is 0 Å². The van der Waals surface area contributed by atoms with Crippen LogP contribution in [0.2, 0.25) is 0 Å². The first-order valence-electron chi connectivity index (χ1n) is 10.9. The number of fused-ring (bicyclic) bond motifs is 3. The summed E-state index contributed by atoms with van der Waals surface area (Å²) in [6.45, 7) is 5.14. The molecule has 174 valence electrons. The Morgan fingerprint density at radius 3 is 2.64 bits per heavy atom. The van der Waals surface area contributed by atoms with Crippen LogP contribution in [0.4, 0.5) is 15.8 Å². The van der Waals surface area contributed by atoms with Gasteiger partial charge in [-0.3, -0.25) is 9.59 Å². The maximum atomic E-state index is 13.7. The third-order valence-corrected chi connectivity index (χ3v) is 6.00. The van der Waals surface area contributed by atoms with Crippen LogP contribution in [0.25, 0.3) is 11.1 Å². The third-order valence-electron chi connectivity index (χ3n) is 6.00. The molecule has 2 aliphatic heterocycles. The van der Waals surface area contributed by atoms with Crippen molar-refractivity contribution in [3.63, 3.8) is 0 Å².